The lowest BCUT2D eigenvalue weighted by Crippen LogP contribution is -2.28. The fourth-order valence-corrected chi connectivity index (χ4v) is 3.22. The molecule has 166 valence electrons. The predicted octanol–water partition coefficient (Wildman–Crippen LogP) is 4.65. The minimum absolute atomic E-state index is 0.0630. The summed E-state index contributed by atoms with van der Waals surface area (Å²) in [4.78, 5) is 25.1. The highest BCUT2D eigenvalue weighted by Crippen LogP contribution is 2.27. The summed E-state index contributed by atoms with van der Waals surface area (Å²) in [5.74, 6) is -0.509. The van der Waals surface area contributed by atoms with Crippen molar-refractivity contribution >= 4 is 17.5 Å². The topological polar surface area (TPSA) is 76.7 Å². The Labute approximate surface area is 186 Å². The molecule has 0 fully saturated rings. The number of methoxy groups -OCH3 is 1. The maximum absolute atomic E-state index is 13.7. The number of ether oxygens (including phenoxy) is 2. The van der Waals surface area contributed by atoms with E-state index in [2.05, 4.69) is 10.6 Å². The Hall–Kier alpha value is -3.87. The van der Waals surface area contributed by atoms with Gasteiger partial charge in [0.25, 0.3) is 11.8 Å². The number of nitrogens with one attached hydrogen (secondary N) is 2. The Kier molecular flexibility index (Phi) is 7.44. The Morgan fingerprint density at radius 1 is 1.00 bits per heavy atom. The first-order chi connectivity index (χ1) is 15.4. The second-order valence-corrected chi connectivity index (χ2v) is 7.25. The summed E-state index contributed by atoms with van der Waals surface area (Å²) >= 11 is 0. The quantitative estimate of drug-likeness (QED) is 0.539. The third-order valence-electron chi connectivity index (χ3n) is 4.84. The lowest BCUT2D eigenvalue weighted by molar-refractivity contribution is -0.118. The zero-order chi connectivity index (χ0) is 23.1. The summed E-state index contributed by atoms with van der Waals surface area (Å²) in [6, 6.07) is 17.9. The molecule has 0 spiro atoms. The summed E-state index contributed by atoms with van der Waals surface area (Å²) in [5, 5.41) is 5.39. The number of rotatable bonds is 8. The summed E-state index contributed by atoms with van der Waals surface area (Å²) < 4.78 is 24.7. The fraction of sp³-hybridized carbons (Fsp3) is 0.200. The number of hydrogen-bond donors (Lipinski definition) is 2. The van der Waals surface area contributed by atoms with Crippen LogP contribution in [0.15, 0.2) is 66.7 Å². The monoisotopic (exact) mass is 436 g/mol. The summed E-state index contributed by atoms with van der Waals surface area (Å²) in [5.41, 5.74) is 2.24. The van der Waals surface area contributed by atoms with E-state index in [-0.39, 0.29) is 35.6 Å². The largest absolute Gasteiger partial charge is 0.496 e. The van der Waals surface area contributed by atoms with E-state index in [1.807, 2.05) is 32.0 Å². The molecule has 0 heterocycles. The van der Waals surface area contributed by atoms with Crippen molar-refractivity contribution in [2.75, 3.05) is 19.0 Å². The molecule has 32 heavy (non-hydrogen) atoms. The van der Waals surface area contributed by atoms with Crippen LogP contribution < -0.4 is 20.1 Å². The molecule has 0 aliphatic carbocycles. The average molecular weight is 436 g/mol. The lowest BCUT2D eigenvalue weighted by Gasteiger charge is -2.19. The van der Waals surface area contributed by atoms with Gasteiger partial charge in [-0.25, -0.2) is 4.39 Å². The van der Waals surface area contributed by atoms with Crippen molar-refractivity contribution in [2.45, 2.75) is 19.9 Å². The van der Waals surface area contributed by atoms with Gasteiger partial charge in [0, 0.05) is 5.56 Å². The number of amides is 2. The zero-order valence-corrected chi connectivity index (χ0v) is 18.1. The van der Waals surface area contributed by atoms with Crippen molar-refractivity contribution < 1.29 is 23.5 Å². The molecular formula is C25H25FN2O4. The normalized spacial score (nSPS) is 11.4. The van der Waals surface area contributed by atoms with Crippen LogP contribution in [0.5, 0.6) is 11.5 Å². The minimum atomic E-state index is -0.541. The summed E-state index contributed by atoms with van der Waals surface area (Å²) in [7, 11) is 1.58. The molecule has 0 saturated carbocycles. The lowest BCUT2D eigenvalue weighted by atomic mass is 10.0. The molecule has 3 aromatic rings. The molecule has 2 amide bonds. The van der Waals surface area contributed by atoms with E-state index in [1.54, 1.807) is 37.4 Å². The van der Waals surface area contributed by atoms with Gasteiger partial charge in [0.05, 0.1) is 24.4 Å². The molecule has 0 aliphatic rings. The molecular weight excluding hydrogens is 411 g/mol. The average Bonchev–Trinajstić information content (AvgIpc) is 2.79. The van der Waals surface area contributed by atoms with Crippen LogP contribution in [0.1, 0.15) is 34.5 Å². The Morgan fingerprint density at radius 2 is 1.72 bits per heavy atom. The third kappa shape index (κ3) is 5.63. The van der Waals surface area contributed by atoms with Gasteiger partial charge in [0.2, 0.25) is 0 Å². The molecule has 0 aromatic heterocycles. The van der Waals surface area contributed by atoms with Crippen LogP contribution in [-0.2, 0) is 4.79 Å². The predicted molar refractivity (Wildman–Crippen MR) is 121 cm³/mol. The first kappa shape index (κ1) is 22.8. The molecule has 1 unspecified atom stereocenters. The van der Waals surface area contributed by atoms with Gasteiger partial charge < -0.3 is 20.1 Å². The number of para-hydroxylation sites is 2. The minimum Gasteiger partial charge on any atom is -0.496 e. The van der Waals surface area contributed by atoms with E-state index in [9.17, 15) is 14.0 Å². The van der Waals surface area contributed by atoms with Gasteiger partial charge in [0.1, 0.15) is 17.3 Å². The van der Waals surface area contributed by atoms with Gasteiger partial charge in [-0.2, -0.15) is 0 Å². The van der Waals surface area contributed by atoms with Crippen molar-refractivity contribution in [3.05, 3.63) is 89.2 Å². The second kappa shape index (κ2) is 10.4. The number of carbonyl (C=O) groups excluding carboxylic acids is 2. The van der Waals surface area contributed by atoms with Gasteiger partial charge in [-0.05, 0) is 44.2 Å². The third-order valence-corrected chi connectivity index (χ3v) is 4.84. The Balaban J connectivity index is 1.68. The van der Waals surface area contributed by atoms with Crippen molar-refractivity contribution in [3.8, 4) is 11.5 Å². The molecule has 0 radical (unpaired) electrons. The maximum Gasteiger partial charge on any atom is 0.262 e. The van der Waals surface area contributed by atoms with Crippen molar-refractivity contribution in [1.82, 2.24) is 5.32 Å². The van der Waals surface area contributed by atoms with Crippen molar-refractivity contribution in [1.29, 1.82) is 0 Å². The fourth-order valence-electron chi connectivity index (χ4n) is 3.22. The number of aryl methyl sites for hydroxylation is 1. The van der Waals surface area contributed by atoms with Gasteiger partial charge in [0.15, 0.2) is 6.61 Å². The molecule has 2 N–H and O–H groups in total. The van der Waals surface area contributed by atoms with Crippen molar-refractivity contribution in [2.24, 2.45) is 0 Å². The standard InChI is InChI=1S/C25H25FN2O4/c1-16-12-13-22(31-3)19(14-16)17(2)27-25(30)18-8-4-7-11-23(18)32-15-24(29)28-21-10-6-5-9-20(21)26/h4-14,17H,15H2,1-3H3,(H,27,30)(H,28,29). The van der Waals surface area contributed by atoms with Crippen LogP contribution >= 0.6 is 0 Å². The van der Waals surface area contributed by atoms with E-state index in [0.717, 1.165) is 11.1 Å². The molecule has 0 bridgehead atoms. The van der Waals surface area contributed by atoms with E-state index in [4.69, 9.17) is 9.47 Å². The van der Waals surface area contributed by atoms with Crippen molar-refractivity contribution in [3.63, 3.8) is 0 Å². The van der Waals surface area contributed by atoms with Gasteiger partial charge in [-0.15, -0.1) is 0 Å². The van der Waals surface area contributed by atoms with E-state index in [0.29, 0.717) is 5.75 Å². The Bertz CT molecular complexity index is 1120. The molecule has 0 aliphatic heterocycles. The molecule has 1 atom stereocenters. The number of carbonyl (C=O) groups is 2. The van der Waals surface area contributed by atoms with Gasteiger partial charge in [-0.3, -0.25) is 9.59 Å². The number of anilines is 1. The van der Waals surface area contributed by atoms with Crippen LogP contribution in [0.4, 0.5) is 10.1 Å². The van der Waals surface area contributed by atoms with Crippen LogP contribution in [0.25, 0.3) is 0 Å². The van der Waals surface area contributed by atoms with Gasteiger partial charge >= 0.3 is 0 Å². The van der Waals surface area contributed by atoms with E-state index in [1.165, 1.54) is 18.2 Å². The molecule has 7 heteroatoms. The zero-order valence-electron chi connectivity index (χ0n) is 18.1. The highest BCUT2D eigenvalue weighted by Gasteiger charge is 2.19. The Morgan fingerprint density at radius 3 is 2.47 bits per heavy atom. The first-order valence-electron chi connectivity index (χ1n) is 10.1. The van der Waals surface area contributed by atoms with Crippen LogP contribution in [0.2, 0.25) is 0 Å². The molecule has 3 rings (SSSR count). The second-order valence-electron chi connectivity index (χ2n) is 7.25. The highest BCUT2D eigenvalue weighted by atomic mass is 19.1. The molecule has 3 aromatic carbocycles. The highest BCUT2D eigenvalue weighted by molar-refractivity contribution is 5.97. The van der Waals surface area contributed by atoms with E-state index >= 15 is 0 Å². The smallest absolute Gasteiger partial charge is 0.262 e. The molecule has 6 nitrogen and oxygen atoms in total. The molecule has 0 saturated heterocycles. The summed E-state index contributed by atoms with van der Waals surface area (Å²) in [6.07, 6.45) is 0. The van der Waals surface area contributed by atoms with Gasteiger partial charge in [-0.1, -0.05) is 42.0 Å². The number of halogens is 1. The number of benzene rings is 3. The van der Waals surface area contributed by atoms with E-state index < -0.39 is 11.7 Å². The number of hydrogen-bond acceptors (Lipinski definition) is 4. The maximum atomic E-state index is 13.7. The summed E-state index contributed by atoms with van der Waals surface area (Å²) in [6.45, 7) is 3.45. The van der Waals surface area contributed by atoms with Crippen LogP contribution in [-0.4, -0.2) is 25.5 Å². The van der Waals surface area contributed by atoms with Crippen LogP contribution in [0, 0.1) is 12.7 Å². The van der Waals surface area contributed by atoms with Crippen LogP contribution in [0.3, 0.4) is 0 Å². The SMILES string of the molecule is COc1ccc(C)cc1C(C)NC(=O)c1ccccc1OCC(=O)Nc1ccccc1F. The first-order valence-corrected chi connectivity index (χ1v) is 10.1.